The highest BCUT2D eigenvalue weighted by Gasteiger charge is 2.21. The molecule has 1 fully saturated rings. The molecule has 20 heavy (non-hydrogen) atoms. The number of rotatable bonds is 5. The average Bonchev–Trinajstić information content (AvgIpc) is 2.41. The molecule has 4 nitrogen and oxygen atoms in total. The highest BCUT2D eigenvalue weighted by Crippen LogP contribution is 2.17. The van der Waals surface area contributed by atoms with Crippen molar-refractivity contribution in [2.75, 3.05) is 19.6 Å². The minimum atomic E-state index is -0.268. The topological polar surface area (TPSA) is 58.4 Å². The standard InChI is InChI=1S/C15H22FN3O/c1-11(12-2-4-13(16)5-3-12)18-14-6-8-19(9-7-14)10-15(17)20/h2-5,11,14,18H,6-10H2,1H3,(H2,17,20). The van der Waals surface area contributed by atoms with E-state index in [4.69, 9.17) is 5.73 Å². The predicted octanol–water partition coefficient (Wildman–Crippen LogP) is 1.43. The third kappa shape index (κ3) is 4.28. The molecule has 1 amide bonds. The van der Waals surface area contributed by atoms with Gasteiger partial charge >= 0.3 is 0 Å². The van der Waals surface area contributed by atoms with Crippen LogP contribution >= 0.6 is 0 Å². The van der Waals surface area contributed by atoms with Gasteiger partial charge in [-0.2, -0.15) is 0 Å². The highest BCUT2D eigenvalue weighted by molar-refractivity contribution is 5.75. The summed E-state index contributed by atoms with van der Waals surface area (Å²) in [7, 11) is 0. The van der Waals surface area contributed by atoms with Crippen LogP contribution in [-0.4, -0.2) is 36.5 Å². The zero-order valence-corrected chi connectivity index (χ0v) is 11.8. The molecule has 3 N–H and O–H groups in total. The minimum absolute atomic E-state index is 0.197. The Kier molecular flexibility index (Phi) is 5.09. The molecular formula is C15H22FN3O. The molecule has 1 aromatic rings. The lowest BCUT2D eigenvalue weighted by Gasteiger charge is -2.33. The molecule has 1 heterocycles. The molecule has 0 aliphatic carbocycles. The van der Waals surface area contributed by atoms with E-state index in [2.05, 4.69) is 17.1 Å². The predicted molar refractivity (Wildman–Crippen MR) is 76.6 cm³/mol. The lowest BCUT2D eigenvalue weighted by Crippen LogP contribution is -2.45. The van der Waals surface area contributed by atoms with Gasteiger partial charge in [0.15, 0.2) is 0 Å². The van der Waals surface area contributed by atoms with Gasteiger partial charge in [0.25, 0.3) is 0 Å². The van der Waals surface area contributed by atoms with Gasteiger partial charge < -0.3 is 11.1 Å². The van der Waals surface area contributed by atoms with E-state index in [0.717, 1.165) is 31.5 Å². The fourth-order valence-electron chi connectivity index (χ4n) is 2.68. The summed E-state index contributed by atoms with van der Waals surface area (Å²) in [5.74, 6) is -0.475. The Balaban J connectivity index is 1.80. The summed E-state index contributed by atoms with van der Waals surface area (Å²) >= 11 is 0. The number of hydrogen-bond acceptors (Lipinski definition) is 3. The van der Waals surface area contributed by atoms with Gasteiger partial charge in [0, 0.05) is 25.2 Å². The molecule has 0 bridgehead atoms. The summed E-state index contributed by atoms with van der Waals surface area (Å²) < 4.78 is 12.9. The van der Waals surface area contributed by atoms with Gasteiger partial charge in [0.1, 0.15) is 5.82 Å². The van der Waals surface area contributed by atoms with E-state index in [0.29, 0.717) is 12.6 Å². The fourth-order valence-corrected chi connectivity index (χ4v) is 2.68. The van der Waals surface area contributed by atoms with E-state index in [1.54, 1.807) is 0 Å². The highest BCUT2D eigenvalue weighted by atomic mass is 19.1. The molecule has 1 saturated heterocycles. The van der Waals surface area contributed by atoms with Crippen LogP contribution in [0.15, 0.2) is 24.3 Å². The second kappa shape index (κ2) is 6.81. The molecule has 5 heteroatoms. The van der Waals surface area contributed by atoms with E-state index in [-0.39, 0.29) is 17.8 Å². The number of piperidine rings is 1. The van der Waals surface area contributed by atoms with Crippen molar-refractivity contribution >= 4 is 5.91 Å². The summed E-state index contributed by atoms with van der Waals surface area (Å²) in [4.78, 5) is 13.0. The first-order valence-electron chi connectivity index (χ1n) is 7.07. The number of carbonyl (C=O) groups is 1. The number of carbonyl (C=O) groups excluding carboxylic acids is 1. The molecule has 0 radical (unpaired) electrons. The normalized spacial score (nSPS) is 18.9. The van der Waals surface area contributed by atoms with Crippen LogP contribution in [0.3, 0.4) is 0 Å². The Bertz CT molecular complexity index is 441. The van der Waals surface area contributed by atoms with Crippen LogP contribution in [0.2, 0.25) is 0 Å². The summed E-state index contributed by atoms with van der Waals surface area (Å²) in [5, 5.41) is 3.56. The number of likely N-dealkylation sites (tertiary alicyclic amines) is 1. The zero-order valence-electron chi connectivity index (χ0n) is 11.8. The quantitative estimate of drug-likeness (QED) is 0.857. The molecular weight excluding hydrogens is 257 g/mol. The number of benzene rings is 1. The maximum Gasteiger partial charge on any atom is 0.231 e. The van der Waals surface area contributed by atoms with E-state index < -0.39 is 0 Å². The lowest BCUT2D eigenvalue weighted by atomic mass is 10.0. The molecule has 1 aromatic carbocycles. The molecule has 0 spiro atoms. The van der Waals surface area contributed by atoms with Crippen LogP contribution < -0.4 is 11.1 Å². The van der Waals surface area contributed by atoms with Gasteiger partial charge in [-0.15, -0.1) is 0 Å². The Morgan fingerprint density at radius 1 is 1.40 bits per heavy atom. The average molecular weight is 279 g/mol. The zero-order chi connectivity index (χ0) is 14.5. The smallest absolute Gasteiger partial charge is 0.231 e. The number of nitrogens with one attached hydrogen (secondary N) is 1. The SMILES string of the molecule is CC(NC1CCN(CC(N)=O)CC1)c1ccc(F)cc1. The van der Waals surface area contributed by atoms with Gasteiger partial charge in [0.2, 0.25) is 5.91 Å². The maximum atomic E-state index is 12.9. The van der Waals surface area contributed by atoms with Gasteiger partial charge in [-0.25, -0.2) is 4.39 Å². The molecule has 110 valence electrons. The van der Waals surface area contributed by atoms with Crippen molar-refractivity contribution in [2.24, 2.45) is 5.73 Å². The summed E-state index contributed by atoms with van der Waals surface area (Å²) in [5.41, 5.74) is 6.29. The molecule has 1 aliphatic rings. The fraction of sp³-hybridized carbons (Fsp3) is 0.533. The third-order valence-corrected chi connectivity index (χ3v) is 3.82. The largest absolute Gasteiger partial charge is 0.369 e. The minimum Gasteiger partial charge on any atom is -0.369 e. The van der Waals surface area contributed by atoms with Gasteiger partial charge in [-0.1, -0.05) is 12.1 Å². The second-order valence-electron chi connectivity index (χ2n) is 5.46. The second-order valence-corrected chi connectivity index (χ2v) is 5.46. The van der Waals surface area contributed by atoms with Crippen molar-refractivity contribution in [3.05, 3.63) is 35.6 Å². The van der Waals surface area contributed by atoms with E-state index >= 15 is 0 Å². The number of primary amides is 1. The Labute approximate surface area is 119 Å². The monoisotopic (exact) mass is 279 g/mol. The van der Waals surface area contributed by atoms with Crippen molar-refractivity contribution in [3.63, 3.8) is 0 Å². The molecule has 1 unspecified atom stereocenters. The van der Waals surface area contributed by atoms with E-state index in [1.165, 1.54) is 12.1 Å². The molecule has 0 aromatic heterocycles. The third-order valence-electron chi connectivity index (χ3n) is 3.82. The number of hydrogen-bond donors (Lipinski definition) is 2. The van der Waals surface area contributed by atoms with Crippen LogP contribution in [-0.2, 0) is 4.79 Å². The van der Waals surface area contributed by atoms with Crippen LogP contribution in [0.4, 0.5) is 4.39 Å². The van der Waals surface area contributed by atoms with Crippen LogP contribution in [0, 0.1) is 5.82 Å². The van der Waals surface area contributed by atoms with Crippen molar-refractivity contribution < 1.29 is 9.18 Å². The van der Waals surface area contributed by atoms with Gasteiger partial charge in [-0.05, 0) is 37.5 Å². The van der Waals surface area contributed by atoms with Crippen molar-refractivity contribution in [1.82, 2.24) is 10.2 Å². The number of amides is 1. The van der Waals surface area contributed by atoms with Crippen molar-refractivity contribution in [3.8, 4) is 0 Å². The van der Waals surface area contributed by atoms with Crippen LogP contribution in [0.5, 0.6) is 0 Å². The first-order chi connectivity index (χ1) is 9.54. The van der Waals surface area contributed by atoms with E-state index in [1.807, 2.05) is 12.1 Å². The maximum absolute atomic E-state index is 12.9. The Hall–Kier alpha value is -1.46. The van der Waals surface area contributed by atoms with Crippen molar-refractivity contribution in [2.45, 2.75) is 31.8 Å². The number of halogens is 1. The van der Waals surface area contributed by atoms with Gasteiger partial charge in [0.05, 0.1) is 6.54 Å². The van der Waals surface area contributed by atoms with Crippen molar-refractivity contribution in [1.29, 1.82) is 0 Å². The summed E-state index contributed by atoms with van der Waals surface area (Å²) in [6.45, 7) is 4.21. The lowest BCUT2D eigenvalue weighted by molar-refractivity contribution is -0.119. The molecule has 2 rings (SSSR count). The Morgan fingerprint density at radius 3 is 2.55 bits per heavy atom. The number of nitrogens with zero attached hydrogens (tertiary/aromatic N) is 1. The first kappa shape index (κ1) is 14.9. The molecule has 0 saturated carbocycles. The summed E-state index contributed by atoms with van der Waals surface area (Å²) in [6.07, 6.45) is 2.00. The first-order valence-corrected chi connectivity index (χ1v) is 7.07. The number of nitrogens with two attached hydrogens (primary N) is 1. The Morgan fingerprint density at radius 2 is 2.00 bits per heavy atom. The molecule has 1 atom stereocenters. The summed E-state index contributed by atoms with van der Waals surface area (Å²) in [6, 6.07) is 7.23. The van der Waals surface area contributed by atoms with Crippen LogP contribution in [0.1, 0.15) is 31.4 Å². The van der Waals surface area contributed by atoms with Gasteiger partial charge in [-0.3, -0.25) is 9.69 Å². The van der Waals surface area contributed by atoms with E-state index in [9.17, 15) is 9.18 Å². The van der Waals surface area contributed by atoms with Crippen LogP contribution in [0.25, 0.3) is 0 Å². The molecule has 1 aliphatic heterocycles.